The molecule has 106 valence electrons. The van der Waals surface area contributed by atoms with Crippen LogP contribution in [-0.4, -0.2) is 0 Å². The highest BCUT2D eigenvalue weighted by Gasteiger charge is 2.17. The smallest absolute Gasteiger partial charge is 0.129 e. The van der Waals surface area contributed by atoms with Crippen LogP contribution in [0.5, 0.6) is 0 Å². The molecule has 20 heavy (non-hydrogen) atoms. The molecule has 2 atom stereocenters. The van der Waals surface area contributed by atoms with E-state index < -0.39 is 6.04 Å². The fourth-order valence-corrected chi connectivity index (χ4v) is 2.83. The molecule has 0 fully saturated rings. The second-order valence-corrected chi connectivity index (χ2v) is 5.94. The van der Waals surface area contributed by atoms with E-state index in [0.29, 0.717) is 16.0 Å². The number of benzene rings is 2. The van der Waals surface area contributed by atoms with Gasteiger partial charge in [-0.2, -0.15) is 0 Å². The summed E-state index contributed by atoms with van der Waals surface area (Å²) in [6.07, 6.45) is 1.10. The van der Waals surface area contributed by atoms with E-state index in [-0.39, 0.29) is 5.82 Å². The normalized spacial score (nSPS) is 14.1. The molecule has 0 aliphatic heterocycles. The zero-order chi connectivity index (χ0) is 14.7. The molecule has 0 bridgehead atoms. The quantitative estimate of drug-likeness (QED) is 0.821. The first-order valence-corrected chi connectivity index (χ1v) is 7.63. The summed E-state index contributed by atoms with van der Waals surface area (Å²) in [5.74, 6) is 0.248. The van der Waals surface area contributed by atoms with E-state index in [9.17, 15) is 4.39 Å². The summed E-state index contributed by atoms with van der Waals surface area (Å²) in [4.78, 5) is 0. The lowest BCUT2D eigenvalue weighted by Gasteiger charge is -2.17. The Labute approximate surface area is 128 Å². The van der Waals surface area contributed by atoms with Gasteiger partial charge in [-0.3, -0.25) is 0 Å². The monoisotopic (exact) mass is 335 g/mol. The maximum absolute atomic E-state index is 13.9. The third kappa shape index (κ3) is 3.10. The van der Waals surface area contributed by atoms with Crippen molar-refractivity contribution in [1.29, 1.82) is 0 Å². The Morgan fingerprint density at radius 2 is 1.70 bits per heavy atom. The van der Waals surface area contributed by atoms with Crippen LogP contribution < -0.4 is 5.73 Å². The van der Waals surface area contributed by atoms with Crippen molar-refractivity contribution in [2.45, 2.75) is 32.2 Å². The van der Waals surface area contributed by atoms with E-state index in [1.165, 1.54) is 11.6 Å². The molecule has 2 aromatic rings. The maximum Gasteiger partial charge on any atom is 0.129 e. The van der Waals surface area contributed by atoms with Crippen molar-refractivity contribution in [3.63, 3.8) is 0 Å². The highest BCUT2D eigenvalue weighted by atomic mass is 79.9. The fourth-order valence-electron chi connectivity index (χ4n) is 2.24. The largest absolute Gasteiger partial charge is 0.320 e. The zero-order valence-electron chi connectivity index (χ0n) is 11.7. The Morgan fingerprint density at radius 1 is 1.10 bits per heavy atom. The van der Waals surface area contributed by atoms with Crippen molar-refractivity contribution in [2.24, 2.45) is 5.73 Å². The number of halogens is 2. The maximum atomic E-state index is 13.9. The Bertz CT molecular complexity index is 560. The minimum absolute atomic E-state index is 0.280. The molecule has 0 amide bonds. The van der Waals surface area contributed by atoms with Gasteiger partial charge >= 0.3 is 0 Å². The number of hydrogen-bond donors (Lipinski definition) is 1. The van der Waals surface area contributed by atoms with Crippen LogP contribution in [0.2, 0.25) is 0 Å². The van der Waals surface area contributed by atoms with Gasteiger partial charge in [0.25, 0.3) is 0 Å². The summed E-state index contributed by atoms with van der Waals surface area (Å²) >= 11 is 3.37. The topological polar surface area (TPSA) is 26.0 Å². The van der Waals surface area contributed by atoms with Gasteiger partial charge in [-0.1, -0.05) is 60.1 Å². The minimum Gasteiger partial charge on any atom is -0.320 e. The Kier molecular flexibility index (Phi) is 4.95. The van der Waals surface area contributed by atoms with Crippen LogP contribution in [0.1, 0.15) is 48.9 Å². The van der Waals surface area contributed by atoms with E-state index in [1.54, 1.807) is 6.07 Å². The summed E-state index contributed by atoms with van der Waals surface area (Å²) in [6.45, 7) is 4.36. The summed E-state index contributed by atoms with van der Waals surface area (Å²) in [5, 5.41) is 0. The lowest BCUT2D eigenvalue weighted by Crippen LogP contribution is -2.14. The molecule has 0 spiro atoms. The van der Waals surface area contributed by atoms with Crippen LogP contribution in [-0.2, 0) is 0 Å². The van der Waals surface area contributed by atoms with Gasteiger partial charge in [-0.05, 0) is 35.6 Å². The Morgan fingerprint density at radius 3 is 2.25 bits per heavy atom. The van der Waals surface area contributed by atoms with Crippen LogP contribution in [0.25, 0.3) is 0 Å². The van der Waals surface area contributed by atoms with Gasteiger partial charge in [0.2, 0.25) is 0 Å². The van der Waals surface area contributed by atoms with E-state index >= 15 is 0 Å². The molecular formula is C17H19BrFN. The third-order valence-corrected chi connectivity index (χ3v) is 4.48. The molecule has 0 aliphatic rings. The van der Waals surface area contributed by atoms with Crippen molar-refractivity contribution >= 4 is 15.9 Å². The van der Waals surface area contributed by atoms with Gasteiger partial charge in [0, 0.05) is 10.0 Å². The molecule has 1 nitrogen and oxygen atoms in total. The first-order valence-electron chi connectivity index (χ1n) is 6.84. The Balaban J connectivity index is 2.32. The van der Waals surface area contributed by atoms with E-state index in [2.05, 4.69) is 41.9 Å². The second kappa shape index (κ2) is 6.51. The van der Waals surface area contributed by atoms with Crippen molar-refractivity contribution < 1.29 is 4.39 Å². The predicted molar refractivity (Wildman–Crippen MR) is 85.3 cm³/mol. The van der Waals surface area contributed by atoms with Crippen LogP contribution in [0, 0.1) is 5.82 Å². The fraction of sp³-hybridized carbons (Fsp3) is 0.294. The van der Waals surface area contributed by atoms with E-state index in [0.717, 1.165) is 12.0 Å². The summed E-state index contributed by atoms with van der Waals surface area (Å²) in [7, 11) is 0. The van der Waals surface area contributed by atoms with Crippen LogP contribution in [0.3, 0.4) is 0 Å². The predicted octanol–water partition coefficient (Wildman–Crippen LogP) is 5.15. The average molecular weight is 336 g/mol. The lowest BCUT2D eigenvalue weighted by molar-refractivity contribution is 0.598. The second-order valence-electron chi connectivity index (χ2n) is 5.09. The third-order valence-electron chi connectivity index (χ3n) is 3.79. The van der Waals surface area contributed by atoms with E-state index in [4.69, 9.17) is 5.73 Å². The lowest BCUT2D eigenvalue weighted by atomic mass is 9.94. The molecule has 3 heteroatoms. The SMILES string of the molecule is CCC(C)c1ccc(C(N)c2c(F)cccc2Br)cc1. The molecule has 0 aromatic heterocycles. The van der Waals surface area contributed by atoms with Crippen molar-refractivity contribution in [2.75, 3.05) is 0 Å². The van der Waals surface area contributed by atoms with Crippen LogP contribution >= 0.6 is 15.9 Å². The van der Waals surface area contributed by atoms with Crippen molar-refractivity contribution in [3.8, 4) is 0 Å². The molecule has 0 saturated heterocycles. The van der Waals surface area contributed by atoms with Gasteiger partial charge in [-0.15, -0.1) is 0 Å². The molecule has 0 heterocycles. The minimum atomic E-state index is -0.462. The van der Waals surface area contributed by atoms with Crippen molar-refractivity contribution in [1.82, 2.24) is 0 Å². The highest BCUT2D eigenvalue weighted by Crippen LogP contribution is 2.30. The summed E-state index contributed by atoms with van der Waals surface area (Å²) in [5.41, 5.74) is 8.92. The van der Waals surface area contributed by atoms with E-state index in [1.807, 2.05) is 18.2 Å². The van der Waals surface area contributed by atoms with Crippen molar-refractivity contribution in [3.05, 3.63) is 69.4 Å². The van der Waals surface area contributed by atoms with Crippen LogP contribution in [0.4, 0.5) is 4.39 Å². The molecule has 0 aliphatic carbocycles. The molecule has 2 aromatic carbocycles. The molecular weight excluding hydrogens is 317 g/mol. The van der Waals surface area contributed by atoms with Crippen LogP contribution in [0.15, 0.2) is 46.9 Å². The molecule has 2 rings (SSSR count). The standard InChI is InChI=1S/C17H19BrFN/c1-3-11(2)12-7-9-13(10-8-12)17(20)16-14(18)5-4-6-15(16)19/h4-11,17H,3,20H2,1-2H3. The van der Waals surface area contributed by atoms with Gasteiger partial charge in [0.1, 0.15) is 5.82 Å². The van der Waals surface area contributed by atoms with Gasteiger partial charge in [-0.25, -0.2) is 4.39 Å². The molecule has 0 radical (unpaired) electrons. The first kappa shape index (κ1) is 15.2. The van der Waals surface area contributed by atoms with Gasteiger partial charge < -0.3 is 5.73 Å². The van der Waals surface area contributed by atoms with Gasteiger partial charge in [0.15, 0.2) is 0 Å². The van der Waals surface area contributed by atoms with Gasteiger partial charge in [0.05, 0.1) is 6.04 Å². The number of rotatable bonds is 4. The zero-order valence-corrected chi connectivity index (χ0v) is 13.3. The molecule has 0 saturated carbocycles. The number of hydrogen-bond acceptors (Lipinski definition) is 1. The summed E-state index contributed by atoms with van der Waals surface area (Å²) < 4.78 is 14.6. The summed E-state index contributed by atoms with van der Waals surface area (Å²) in [6, 6.07) is 12.6. The highest BCUT2D eigenvalue weighted by molar-refractivity contribution is 9.10. The molecule has 2 N–H and O–H groups in total. The number of nitrogens with two attached hydrogens (primary N) is 1. The Hall–Kier alpha value is -1.19. The average Bonchev–Trinajstić information content (AvgIpc) is 2.46. The molecule has 2 unspecified atom stereocenters. The first-order chi connectivity index (χ1) is 9.54.